The highest BCUT2D eigenvalue weighted by molar-refractivity contribution is 5.94. The molecule has 4 rings (SSSR count). The summed E-state index contributed by atoms with van der Waals surface area (Å²) in [7, 11) is 0. The van der Waals surface area contributed by atoms with E-state index in [2.05, 4.69) is 52.0 Å². The van der Waals surface area contributed by atoms with E-state index < -0.39 is 5.97 Å². The number of aryl methyl sites for hydroxylation is 1. The van der Waals surface area contributed by atoms with Gasteiger partial charge in [0.2, 0.25) is 0 Å². The zero-order valence-corrected chi connectivity index (χ0v) is 20.4. The summed E-state index contributed by atoms with van der Waals surface area (Å²) < 4.78 is 5.93. The summed E-state index contributed by atoms with van der Waals surface area (Å²) in [4.78, 5) is 11.1. The Labute approximate surface area is 197 Å². The predicted octanol–water partition coefficient (Wildman–Crippen LogP) is 7.43. The Morgan fingerprint density at radius 1 is 0.818 bits per heavy atom. The lowest BCUT2D eigenvalue weighted by molar-refractivity contribution is 0.0697. The zero-order valence-electron chi connectivity index (χ0n) is 20.4. The number of benzene rings is 3. The summed E-state index contributed by atoms with van der Waals surface area (Å²) in [6, 6.07) is 18.5. The minimum Gasteiger partial charge on any atom is -0.478 e. The second-order valence-corrected chi connectivity index (χ2v) is 10.9. The van der Waals surface area contributed by atoms with E-state index in [4.69, 9.17) is 9.84 Å². The van der Waals surface area contributed by atoms with Crippen LogP contribution in [0, 0.1) is 0 Å². The predicted molar refractivity (Wildman–Crippen MR) is 135 cm³/mol. The molecule has 1 aliphatic carbocycles. The second kappa shape index (κ2) is 9.30. The van der Waals surface area contributed by atoms with Gasteiger partial charge in [-0.1, -0.05) is 64.1 Å². The fraction of sp³-hybridized carbons (Fsp3) is 0.433. The van der Waals surface area contributed by atoms with Gasteiger partial charge < -0.3 is 9.84 Å². The fourth-order valence-corrected chi connectivity index (χ4v) is 5.03. The van der Waals surface area contributed by atoms with Crippen LogP contribution < -0.4 is 0 Å². The number of ether oxygens (including phenoxy) is 1. The van der Waals surface area contributed by atoms with Crippen LogP contribution in [0.2, 0.25) is 0 Å². The first-order valence-electron chi connectivity index (χ1n) is 12.1. The van der Waals surface area contributed by atoms with Gasteiger partial charge in [0, 0.05) is 6.61 Å². The van der Waals surface area contributed by atoms with Gasteiger partial charge in [-0.05, 0) is 94.2 Å². The van der Waals surface area contributed by atoms with Gasteiger partial charge in [0.25, 0.3) is 0 Å². The maximum Gasteiger partial charge on any atom is 0.335 e. The number of hydrogen-bond donors (Lipinski definition) is 1. The number of rotatable bonds is 8. The molecule has 0 saturated carbocycles. The van der Waals surface area contributed by atoms with Crippen LogP contribution in [-0.2, 0) is 28.6 Å². The molecule has 0 spiro atoms. The van der Waals surface area contributed by atoms with Crippen molar-refractivity contribution in [3.63, 3.8) is 0 Å². The first kappa shape index (κ1) is 23.5. The minimum atomic E-state index is -0.896. The van der Waals surface area contributed by atoms with Gasteiger partial charge in [-0.25, -0.2) is 4.79 Å². The van der Waals surface area contributed by atoms with Gasteiger partial charge in [0.15, 0.2) is 0 Å². The first-order valence-corrected chi connectivity index (χ1v) is 12.1. The molecule has 0 aromatic heterocycles. The molecule has 3 nitrogen and oxygen atoms in total. The summed E-state index contributed by atoms with van der Waals surface area (Å²) in [5.74, 6) is -0.896. The number of unbranched alkanes of at least 4 members (excludes halogenated alkanes) is 1. The number of aromatic carboxylic acids is 1. The quantitative estimate of drug-likeness (QED) is 0.368. The van der Waals surface area contributed by atoms with Crippen LogP contribution in [0.4, 0.5) is 0 Å². The Morgan fingerprint density at radius 2 is 1.48 bits per heavy atom. The maximum absolute atomic E-state index is 11.1. The van der Waals surface area contributed by atoms with Crippen LogP contribution in [0.1, 0.15) is 86.0 Å². The van der Waals surface area contributed by atoms with E-state index in [1.165, 1.54) is 24.0 Å². The highest BCUT2D eigenvalue weighted by atomic mass is 16.5. The van der Waals surface area contributed by atoms with Crippen molar-refractivity contribution in [2.75, 3.05) is 6.61 Å². The molecule has 0 atom stereocenters. The first-order chi connectivity index (χ1) is 15.7. The Hall–Kier alpha value is -2.65. The molecular formula is C30H36O3. The van der Waals surface area contributed by atoms with Gasteiger partial charge in [0.05, 0.1) is 12.2 Å². The normalized spacial score (nSPS) is 16.5. The zero-order chi connectivity index (χ0) is 23.6. The SMILES string of the molecule is CC1(C)CCC(C)(C)c2cc(CCCCOCc3ccc4cc(C(=O)O)ccc4c3)ccc21. The van der Waals surface area contributed by atoms with E-state index in [0.717, 1.165) is 42.2 Å². The Balaban J connectivity index is 1.26. The van der Waals surface area contributed by atoms with Crippen molar-refractivity contribution in [3.05, 3.63) is 82.4 Å². The molecule has 3 aromatic carbocycles. The average molecular weight is 445 g/mol. The topological polar surface area (TPSA) is 46.5 Å². The molecule has 0 fully saturated rings. The van der Waals surface area contributed by atoms with Crippen LogP contribution in [0.15, 0.2) is 54.6 Å². The third-order valence-electron chi connectivity index (χ3n) is 7.34. The summed E-state index contributed by atoms with van der Waals surface area (Å²) in [6.07, 6.45) is 5.76. The molecule has 0 bridgehead atoms. The van der Waals surface area contributed by atoms with Crippen LogP contribution >= 0.6 is 0 Å². The number of fused-ring (bicyclic) bond motifs is 2. The summed E-state index contributed by atoms with van der Waals surface area (Å²) >= 11 is 0. The van der Waals surface area contributed by atoms with Crippen molar-refractivity contribution in [2.45, 2.75) is 77.2 Å². The van der Waals surface area contributed by atoms with Gasteiger partial charge in [-0.3, -0.25) is 0 Å². The third kappa shape index (κ3) is 5.30. The average Bonchev–Trinajstić information content (AvgIpc) is 2.78. The maximum atomic E-state index is 11.1. The number of carboxylic acid groups (broad SMARTS) is 1. The molecule has 3 heteroatoms. The van der Waals surface area contributed by atoms with E-state index in [9.17, 15) is 4.79 Å². The molecule has 0 amide bonds. The fourth-order valence-electron chi connectivity index (χ4n) is 5.03. The molecule has 0 radical (unpaired) electrons. The molecule has 1 N–H and O–H groups in total. The van der Waals surface area contributed by atoms with Gasteiger partial charge >= 0.3 is 5.97 Å². The van der Waals surface area contributed by atoms with Crippen LogP contribution in [0.25, 0.3) is 10.8 Å². The van der Waals surface area contributed by atoms with Gasteiger partial charge in [-0.2, -0.15) is 0 Å². The lowest BCUT2D eigenvalue weighted by Crippen LogP contribution is -2.33. The van der Waals surface area contributed by atoms with Crippen molar-refractivity contribution >= 4 is 16.7 Å². The van der Waals surface area contributed by atoms with Crippen molar-refractivity contribution in [3.8, 4) is 0 Å². The van der Waals surface area contributed by atoms with Crippen molar-refractivity contribution in [2.24, 2.45) is 0 Å². The molecule has 0 saturated heterocycles. The van der Waals surface area contributed by atoms with Crippen LogP contribution in [-0.4, -0.2) is 17.7 Å². The molecule has 0 aliphatic heterocycles. The third-order valence-corrected chi connectivity index (χ3v) is 7.34. The molecule has 33 heavy (non-hydrogen) atoms. The molecular weight excluding hydrogens is 408 g/mol. The van der Waals surface area contributed by atoms with Gasteiger partial charge in [0.1, 0.15) is 0 Å². The van der Waals surface area contributed by atoms with E-state index in [0.29, 0.717) is 12.2 Å². The van der Waals surface area contributed by atoms with Crippen LogP contribution in [0.3, 0.4) is 0 Å². The van der Waals surface area contributed by atoms with Gasteiger partial charge in [-0.15, -0.1) is 0 Å². The molecule has 1 aliphatic rings. The van der Waals surface area contributed by atoms with E-state index >= 15 is 0 Å². The van der Waals surface area contributed by atoms with Crippen molar-refractivity contribution in [1.82, 2.24) is 0 Å². The molecule has 0 unspecified atom stereocenters. The monoisotopic (exact) mass is 444 g/mol. The minimum absolute atomic E-state index is 0.263. The van der Waals surface area contributed by atoms with Crippen LogP contribution in [0.5, 0.6) is 0 Å². The van der Waals surface area contributed by atoms with Crippen molar-refractivity contribution in [1.29, 1.82) is 0 Å². The number of hydrogen-bond acceptors (Lipinski definition) is 2. The summed E-state index contributed by atoms with van der Waals surface area (Å²) in [5.41, 5.74) is 6.48. The van der Waals surface area contributed by atoms with Crippen molar-refractivity contribution < 1.29 is 14.6 Å². The Kier molecular flexibility index (Phi) is 6.63. The highest BCUT2D eigenvalue weighted by Gasteiger charge is 2.36. The molecule has 3 aromatic rings. The Bertz CT molecular complexity index is 1160. The van der Waals surface area contributed by atoms with E-state index in [1.807, 2.05) is 18.2 Å². The summed E-state index contributed by atoms with van der Waals surface area (Å²) in [5, 5.41) is 11.1. The Morgan fingerprint density at radius 3 is 2.24 bits per heavy atom. The van der Waals surface area contributed by atoms with E-state index in [1.54, 1.807) is 17.7 Å². The number of carbonyl (C=O) groups is 1. The van der Waals surface area contributed by atoms with E-state index in [-0.39, 0.29) is 10.8 Å². The lowest BCUT2D eigenvalue weighted by atomic mass is 9.63. The highest BCUT2D eigenvalue weighted by Crippen LogP contribution is 2.45. The lowest BCUT2D eigenvalue weighted by Gasteiger charge is -2.42. The molecule has 174 valence electrons. The largest absolute Gasteiger partial charge is 0.478 e. The molecule has 0 heterocycles. The standard InChI is InChI=1S/C30H36O3/c1-29(2)14-15-30(3,4)27-18-21(9-13-26(27)29)7-5-6-16-33-20-22-8-10-24-19-25(28(31)32)12-11-23(24)17-22/h8-13,17-19H,5-7,14-16,20H2,1-4H3,(H,31,32). The summed E-state index contributed by atoms with van der Waals surface area (Å²) in [6.45, 7) is 10.9. The number of carboxylic acids is 1. The second-order valence-electron chi connectivity index (χ2n) is 10.9. The smallest absolute Gasteiger partial charge is 0.335 e.